The first-order valence-electron chi connectivity index (χ1n) is 12.5. The zero-order valence-electron chi connectivity index (χ0n) is 21.4. The molecule has 9 nitrogen and oxygen atoms in total. The minimum absolute atomic E-state index is 0. The van der Waals surface area contributed by atoms with Crippen molar-refractivity contribution in [2.45, 2.75) is 33.2 Å². The van der Waals surface area contributed by atoms with Crippen LogP contribution in [0.3, 0.4) is 0 Å². The minimum Gasteiger partial charge on any atom is -1.00 e. The molecule has 4 aromatic rings. The van der Waals surface area contributed by atoms with Crippen LogP contribution in [0.15, 0.2) is 46.0 Å². The number of piperazine rings is 1. The van der Waals surface area contributed by atoms with Gasteiger partial charge in [-0.2, -0.15) is 0 Å². The molecular weight excluding hydrogens is 515 g/mol. The number of para-hydroxylation sites is 2. The van der Waals surface area contributed by atoms with Gasteiger partial charge in [-0.3, -0.25) is 18.9 Å². The number of aryl methyl sites for hydroxylation is 3. The molecule has 0 bridgehead atoms. The first kappa shape index (κ1) is 28.7. The van der Waals surface area contributed by atoms with Gasteiger partial charge < -0.3 is 44.0 Å². The fourth-order valence-electron chi connectivity index (χ4n) is 5.47. The molecule has 1 aliphatic rings. The van der Waals surface area contributed by atoms with Crippen molar-refractivity contribution in [1.29, 1.82) is 0 Å². The Bertz CT molecular complexity index is 1490. The summed E-state index contributed by atoms with van der Waals surface area (Å²) in [5.74, 6) is 1.74. The van der Waals surface area contributed by atoms with E-state index in [1.165, 1.54) is 16.7 Å². The van der Waals surface area contributed by atoms with E-state index in [-0.39, 0.29) is 35.9 Å². The molecule has 0 radical (unpaired) electrons. The number of aromatic amines is 1. The van der Waals surface area contributed by atoms with Crippen LogP contribution < -0.4 is 50.5 Å². The summed E-state index contributed by atoms with van der Waals surface area (Å²) in [6, 6.07) is 11.5. The molecule has 11 heteroatoms. The third kappa shape index (κ3) is 5.40. The SMILES string of the molecule is CCc1nc(C)c2c(=O)n(CCC[NH+]3CC[NH+](c4ccccc4OC)CC3)c3ccc(=O)[nH]c3n12.[Cl-].[Cl-]. The number of quaternary nitrogens is 2. The zero-order chi connectivity index (χ0) is 24.5. The summed E-state index contributed by atoms with van der Waals surface area (Å²) in [4.78, 5) is 36.2. The molecule has 1 fully saturated rings. The third-order valence-corrected chi connectivity index (χ3v) is 7.24. The Morgan fingerprint density at radius 2 is 1.78 bits per heavy atom. The molecule has 0 saturated carbocycles. The van der Waals surface area contributed by atoms with Crippen molar-refractivity contribution in [3.8, 4) is 5.75 Å². The Morgan fingerprint density at radius 1 is 1.05 bits per heavy atom. The fraction of sp³-hybridized carbons (Fsp3) is 0.423. The average Bonchev–Trinajstić information content (AvgIpc) is 3.23. The van der Waals surface area contributed by atoms with Crippen molar-refractivity contribution in [3.05, 3.63) is 68.6 Å². The summed E-state index contributed by atoms with van der Waals surface area (Å²) in [6.45, 7) is 9.75. The quantitative estimate of drug-likeness (QED) is 0.214. The van der Waals surface area contributed by atoms with E-state index in [1.807, 2.05) is 34.9 Å². The highest BCUT2D eigenvalue weighted by Crippen LogP contribution is 2.19. The Kier molecular flexibility index (Phi) is 9.41. The number of H-pyrrole nitrogens is 1. The summed E-state index contributed by atoms with van der Waals surface area (Å²) in [6.07, 6.45) is 1.56. The zero-order valence-corrected chi connectivity index (χ0v) is 23.0. The summed E-state index contributed by atoms with van der Waals surface area (Å²) in [5, 5.41) is 0. The number of methoxy groups -OCH3 is 1. The number of fused-ring (bicyclic) bond motifs is 3. The monoisotopic (exact) mass is 548 g/mol. The van der Waals surface area contributed by atoms with Gasteiger partial charge in [0, 0.05) is 31.5 Å². The van der Waals surface area contributed by atoms with E-state index < -0.39 is 0 Å². The Hall–Kier alpha value is -2.85. The molecule has 0 atom stereocenters. The molecule has 1 aromatic carbocycles. The topological polar surface area (TPSA) is 90.3 Å². The van der Waals surface area contributed by atoms with Crippen molar-refractivity contribution in [1.82, 2.24) is 18.9 Å². The number of nitrogens with one attached hydrogen (secondary N) is 3. The highest BCUT2D eigenvalue weighted by molar-refractivity contribution is 5.76. The minimum atomic E-state index is -0.183. The molecule has 5 rings (SSSR count). The molecule has 0 amide bonds. The summed E-state index contributed by atoms with van der Waals surface area (Å²) in [7, 11) is 1.73. The van der Waals surface area contributed by atoms with Crippen LogP contribution in [-0.2, 0) is 13.0 Å². The maximum absolute atomic E-state index is 13.5. The normalized spacial score (nSPS) is 17.4. The lowest BCUT2D eigenvalue weighted by Crippen LogP contribution is -3.26. The number of pyridine rings is 1. The first-order valence-corrected chi connectivity index (χ1v) is 12.5. The molecule has 0 aliphatic carbocycles. The van der Waals surface area contributed by atoms with Crippen LogP contribution in [0.2, 0.25) is 0 Å². The number of hydrogen-bond donors (Lipinski definition) is 3. The molecule has 200 valence electrons. The highest BCUT2D eigenvalue weighted by atomic mass is 35.5. The van der Waals surface area contributed by atoms with E-state index in [2.05, 4.69) is 22.1 Å². The number of hydrogen-bond acceptors (Lipinski definition) is 4. The van der Waals surface area contributed by atoms with Crippen molar-refractivity contribution in [2.75, 3.05) is 39.8 Å². The van der Waals surface area contributed by atoms with E-state index in [0.717, 1.165) is 56.2 Å². The van der Waals surface area contributed by atoms with Gasteiger partial charge in [0.2, 0.25) is 5.56 Å². The number of aromatic nitrogens is 4. The van der Waals surface area contributed by atoms with Crippen LogP contribution in [-0.4, -0.2) is 58.8 Å². The van der Waals surface area contributed by atoms with Crippen LogP contribution in [0.4, 0.5) is 5.69 Å². The summed E-state index contributed by atoms with van der Waals surface area (Å²) in [5.41, 5.74) is 3.65. The lowest BCUT2D eigenvalue weighted by molar-refractivity contribution is -0.986. The van der Waals surface area contributed by atoms with Crippen molar-refractivity contribution in [3.63, 3.8) is 0 Å². The summed E-state index contributed by atoms with van der Waals surface area (Å²) >= 11 is 0. The maximum Gasteiger partial charge on any atom is 0.277 e. The van der Waals surface area contributed by atoms with Gasteiger partial charge in [0.1, 0.15) is 43.2 Å². The van der Waals surface area contributed by atoms with Crippen LogP contribution >= 0.6 is 0 Å². The number of halogens is 2. The predicted molar refractivity (Wildman–Crippen MR) is 135 cm³/mol. The van der Waals surface area contributed by atoms with Crippen LogP contribution in [0.1, 0.15) is 24.9 Å². The summed E-state index contributed by atoms with van der Waals surface area (Å²) < 4.78 is 9.19. The van der Waals surface area contributed by atoms with Crippen LogP contribution in [0.5, 0.6) is 5.75 Å². The second-order valence-corrected chi connectivity index (χ2v) is 9.32. The van der Waals surface area contributed by atoms with Gasteiger partial charge in [0.05, 0.1) is 24.9 Å². The molecule has 3 N–H and O–H groups in total. The van der Waals surface area contributed by atoms with E-state index in [1.54, 1.807) is 18.1 Å². The Balaban J connectivity index is 0.00000190. The number of nitrogens with zero attached hydrogens (tertiary/aromatic N) is 3. The first-order chi connectivity index (χ1) is 17.0. The highest BCUT2D eigenvalue weighted by Gasteiger charge is 2.26. The van der Waals surface area contributed by atoms with Gasteiger partial charge in [0.15, 0.2) is 11.4 Å². The standard InChI is InChI=1S/C26H32N6O3.2ClH/c1-4-22-27-18(2)24-26(34)31(20-10-11-23(33)28-25(20)32(22)24)13-7-12-29-14-16-30(17-15-29)19-8-5-6-9-21(19)35-3;;/h5-6,8-11H,4,7,12-17H2,1-3H3,(H,28,33);2*1H. The van der Waals surface area contributed by atoms with E-state index in [4.69, 9.17) is 4.74 Å². The maximum atomic E-state index is 13.5. The number of benzene rings is 1. The number of ether oxygens (including phenoxy) is 1. The molecule has 4 heterocycles. The van der Waals surface area contributed by atoms with Crippen molar-refractivity contribution >= 4 is 22.4 Å². The van der Waals surface area contributed by atoms with Crippen LogP contribution in [0.25, 0.3) is 16.7 Å². The van der Waals surface area contributed by atoms with Gasteiger partial charge in [-0.25, -0.2) is 4.98 Å². The van der Waals surface area contributed by atoms with E-state index >= 15 is 0 Å². The Labute approximate surface area is 227 Å². The van der Waals surface area contributed by atoms with E-state index in [0.29, 0.717) is 29.8 Å². The Morgan fingerprint density at radius 3 is 2.49 bits per heavy atom. The lowest BCUT2D eigenvalue weighted by Gasteiger charge is -2.30. The molecule has 3 aromatic heterocycles. The average molecular weight is 550 g/mol. The molecule has 0 spiro atoms. The fourth-order valence-corrected chi connectivity index (χ4v) is 5.47. The van der Waals surface area contributed by atoms with Gasteiger partial charge in [-0.15, -0.1) is 0 Å². The lowest BCUT2D eigenvalue weighted by atomic mass is 10.2. The molecule has 1 aliphatic heterocycles. The second-order valence-electron chi connectivity index (χ2n) is 9.32. The van der Waals surface area contributed by atoms with Gasteiger partial charge in [-0.05, 0) is 19.1 Å². The van der Waals surface area contributed by atoms with Gasteiger partial charge in [0.25, 0.3) is 5.56 Å². The van der Waals surface area contributed by atoms with Gasteiger partial charge in [-0.1, -0.05) is 19.1 Å². The predicted octanol–water partition coefficient (Wildman–Crippen LogP) is -6.27. The number of imidazole rings is 1. The number of rotatable bonds is 7. The largest absolute Gasteiger partial charge is 1.00 e. The van der Waals surface area contributed by atoms with Crippen molar-refractivity contribution < 1.29 is 39.4 Å². The molecule has 0 unspecified atom stereocenters. The second kappa shape index (κ2) is 12.1. The van der Waals surface area contributed by atoms with Crippen LogP contribution in [0, 0.1) is 6.92 Å². The van der Waals surface area contributed by atoms with Gasteiger partial charge >= 0.3 is 0 Å². The van der Waals surface area contributed by atoms with E-state index in [9.17, 15) is 9.59 Å². The molecule has 37 heavy (non-hydrogen) atoms. The molecule has 1 saturated heterocycles. The smallest absolute Gasteiger partial charge is 0.277 e. The third-order valence-electron chi connectivity index (χ3n) is 7.24. The molecular formula is C26H34Cl2N6O3. The van der Waals surface area contributed by atoms with Crippen molar-refractivity contribution in [2.24, 2.45) is 0 Å².